The van der Waals surface area contributed by atoms with Crippen LogP contribution in [0.1, 0.15) is 20.3 Å². The Morgan fingerprint density at radius 2 is 2.08 bits per heavy atom. The zero-order valence-electron chi connectivity index (χ0n) is 7.74. The minimum absolute atomic E-state index is 0.137. The number of cyclic esters (lactones) is 2. The van der Waals surface area contributed by atoms with Gasteiger partial charge in [-0.05, 0) is 19.3 Å². The van der Waals surface area contributed by atoms with Crippen LogP contribution in [0.2, 0.25) is 0 Å². The lowest BCUT2D eigenvalue weighted by Gasteiger charge is -2.23. The van der Waals surface area contributed by atoms with Crippen molar-refractivity contribution in [2.24, 2.45) is 17.8 Å². The maximum atomic E-state index is 11.3. The molecule has 0 aromatic carbocycles. The molecule has 0 bridgehead atoms. The topological polar surface area (TPSA) is 43.4 Å². The van der Waals surface area contributed by atoms with Crippen LogP contribution in [0, 0.1) is 17.8 Å². The van der Waals surface area contributed by atoms with Crippen molar-refractivity contribution < 1.29 is 14.3 Å². The highest BCUT2D eigenvalue weighted by Crippen LogP contribution is 2.39. The number of allylic oxidation sites excluding steroid dienone is 2. The standard InChI is InChI=1S/C10H12O3/c1-5-3-6(2)8-7(4-5)9(11)13-10(8)12/h3,6-8H,4H2,1-2H3/t6?,7-,8+/m0/s1. The first kappa shape index (κ1) is 8.48. The third kappa shape index (κ3) is 1.19. The second kappa shape index (κ2) is 2.69. The van der Waals surface area contributed by atoms with Gasteiger partial charge in [-0.1, -0.05) is 18.6 Å². The Morgan fingerprint density at radius 3 is 2.77 bits per heavy atom. The van der Waals surface area contributed by atoms with Crippen molar-refractivity contribution in [2.45, 2.75) is 20.3 Å². The first-order chi connectivity index (χ1) is 6.09. The number of carbonyl (C=O) groups is 2. The van der Waals surface area contributed by atoms with E-state index in [-0.39, 0.29) is 29.7 Å². The van der Waals surface area contributed by atoms with Gasteiger partial charge in [0.15, 0.2) is 0 Å². The molecule has 0 aromatic heterocycles. The van der Waals surface area contributed by atoms with Crippen LogP contribution in [-0.2, 0) is 14.3 Å². The van der Waals surface area contributed by atoms with Gasteiger partial charge in [0.1, 0.15) is 0 Å². The summed E-state index contributed by atoms with van der Waals surface area (Å²) < 4.78 is 4.62. The molecule has 1 heterocycles. The van der Waals surface area contributed by atoms with Crippen molar-refractivity contribution in [3.05, 3.63) is 11.6 Å². The van der Waals surface area contributed by atoms with Gasteiger partial charge in [0, 0.05) is 0 Å². The fraction of sp³-hybridized carbons (Fsp3) is 0.600. The molecular weight excluding hydrogens is 168 g/mol. The van der Waals surface area contributed by atoms with Crippen LogP contribution < -0.4 is 0 Å². The molecule has 3 heteroatoms. The van der Waals surface area contributed by atoms with Crippen LogP contribution in [0.15, 0.2) is 11.6 Å². The van der Waals surface area contributed by atoms with Crippen LogP contribution in [0.3, 0.4) is 0 Å². The fourth-order valence-electron chi connectivity index (χ4n) is 2.31. The van der Waals surface area contributed by atoms with E-state index >= 15 is 0 Å². The molecule has 1 saturated heterocycles. The molecule has 1 fully saturated rings. The third-order valence-electron chi connectivity index (χ3n) is 2.87. The fourth-order valence-corrected chi connectivity index (χ4v) is 2.31. The van der Waals surface area contributed by atoms with E-state index in [1.54, 1.807) is 0 Å². The summed E-state index contributed by atoms with van der Waals surface area (Å²) in [7, 11) is 0. The number of rotatable bonds is 0. The van der Waals surface area contributed by atoms with E-state index in [4.69, 9.17) is 0 Å². The quantitative estimate of drug-likeness (QED) is 0.320. The predicted octanol–water partition coefficient (Wildman–Crippen LogP) is 1.29. The maximum Gasteiger partial charge on any atom is 0.318 e. The number of ether oxygens (including phenoxy) is 1. The Balaban J connectivity index is 2.34. The Morgan fingerprint density at radius 1 is 1.38 bits per heavy atom. The number of hydrogen-bond donors (Lipinski definition) is 0. The van der Waals surface area contributed by atoms with Crippen LogP contribution in [-0.4, -0.2) is 11.9 Å². The second-order valence-corrected chi connectivity index (χ2v) is 3.95. The van der Waals surface area contributed by atoms with E-state index in [1.807, 2.05) is 13.8 Å². The van der Waals surface area contributed by atoms with Gasteiger partial charge in [-0.25, -0.2) is 0 Å². The van der Waals surface area contributed by atoms with Crippen molar-refractivity contribution in [2.75, 3.05) is 0 Å². The highest BCUT2D eigenvalue weighted by Gasteiger charge is 2.48. The molecule has 1 unspecified atom stereocenters. The summed E-state index contributed by atoms with van der Waals surface area (Å²) in [6.45, 7) is 3.95. The first-order valence-corrected chi connectivity index (χ1v) is 4.52. The van der Waals surface area contributed by atoms with Crippen molar-refractivity contribution in [1.29, 1.82) is 0 Å². The molecule has 1 aliphatic heterocycles. The molecule has 0 spiro atoms. The van der Waals surface area contributed by atoms with E-state index in [9.17, 15) is 9.59 Å². The Hall–Kier alpha value is -1.12. The monoisotopic (exact) mass is 180 g/mol. The molecular formula is C10H12O3. The Kier molecular flexibility index (Phi) is 1.75. The normalized spacial score (nSPS) is 38.3. The Labute approximate surface area is 76.8 Å². The molecule has 2 aliphatic rings. The first-order valence-electron chi connectivity index (χ1n) is 4.52. The van der Waals surface area contributed by atoms with Crippen molar-refractivity contribution in [3.63, 3.8) is 0 Å². The Bertz CT molecular complexity index is 303. The van der Waals surface area contributed by atoms with Gasteiger partial charge in [0.25, 0.3) is 0 Å². The van der Waals surface area contributed by atoms with Gasteiger partial charge in [-0.15, -0.1) is 0 Å². The summed E-state index contributed by atoms with van der Waals surface area (Å²) in [5, 5.41) is 0. The highest BCUT2D eigenvalue weighted by molar-refractivity contribution is 5.97. The van der Waals surface area contributed by atoms with Crippen molar-refractivity contribution >= 4 is 11.9 Å². The molecule has 3 nitrogen and oxygen atoms in total. The zero-order chi connectivity index (χ0) is 9.59. The van der Waals surface area contributed by atoms with Gasteiger partial charge in [-0.2, -0.15) is 0 Å². The largest absolute Gasteiger partial charge is 0.393 e. The average molecular weight is 180 g/mol. The van der Waals surface area contributed by atoms with E-state index < -0.39 is 0 Å². The van der Waals surface area contributed by atoms with Gasteiger partial charge >= 0.3 is 11.9 Å². The SMILES string of the molecule is CC1=CC(C)[C@H]2C(=O)OC(=O)[C@H]2C1. The van der Waals surface area contributed by atoms with Gasteiger partial charge in [-0.3, -0.25) is 9.59 Å². The van der Waals surface area contributed by atoms with E-state index in [0.29, 0.717) is 6.42 Å². The molecule has 3 atom stereocenters. The smallest absolute Gasteiger partial charge is 0.318 e. The van der Waals surface area contributed by atoms with E-state index in [1.165, 1.54) is 5.57 Å². The summed E-state index contributed by atoms with van der Waals surface area (Å²) in [5.41, 5.74) is 1.18. The molecule has 0 amide bonds. The van der Waals surface area contributed by atoms with E-state index in [2.05, 4.69) is 10.8 Å². The molecule has 0 N–H and O–H groups in total. The molecule has 0 radical (unpaired) electrons. The second-order valence-electron chi connectivity index (χ2n) is 3.95. The van der Waals surface area contributed by atoms with Crippen molar-refractivity contribution in [3.8, 4) is 0 Å². The van der Waals surface area contributed by atoms with Crippen LogP contribution in [0.4, 0.5) is 0 Å². The zero-order valence-corrected chi connectivity index (χ0v) is 7.74. The van der Waals surface area contributed by atoms with Crippen LogP contribution in [0.25, 0.3) is 0 Å². The van der Waals surface area contributed by atoms with Gasteiger partial charge in [0.05, 0.1) is 11.8 Å². The number of esters is 2. The number of fused-ring (bicyclic) bond motifs is 1. The molecule has 70 valence electrons. The lowest BCUT2D eigenvalue weighted by Crippen LogP contribution is -2.27. The van der Waals surface area contributed by atoms with Gasteiger partial charge < -0.3 is 4.74 Å². The summed E-state index contributed by atoms with van der Waals surface area (Å²) in [6.07, 6.45) is 2.74. The molecule has 2 rings (SSSR count). The molecule has 0 aromatic rings. The minimum atomic E-state index is -0.341. The molecule has 1 aliphatic carbocycles. The summed E-state index contributed by atoms with van der Waals surface area (Å²) >= 11 is 0. The maximum absolute atomic E-state index is 11.3. The van der Waals surface area contributed by atoms with Crippen LogP contribution >= 0.6 is 0 Å². The average Bonchev–Trinajstić information content (AvgIpc) is 2.27. The summed E-state index contributed by atoms with van der Waals surface area (Å²) in [5.74, 6) is -0.984. The summed E-state index contributed by atoms with van der Waals surface area (Å²) in [6, 6.07) is 0. The minimum Gasteiger partial charge on any atom is -0.393 e. The summed E-state index contributed by atoms with van der Waals surface area (Å²) in [4.78, 5) is 22.5. The van der Waals surface area contributed by atoms with E-state index in [0.717, 1.165) is 0 Å². The van der Waals surface area contributed by atoms with Crippen LogP contribution in [0.5, 0.6) is 0 Å². The molecule has 13 heavy (non-hydrogen) atoms. The highest BCUT2D eigenvalue weighted by atomic mass is 16.6. The van der Waals surface area contributed by atoms with Gasteiger partial charge in [0.2, 0.25) is 0 Å². The molecule has 0 saturated carbocycles. The van der Waals surface area contributed by atoms with Crippen molar-refractivity contribution in [1.82, 2.24) is 0 Å². The number of hydrogen-bond acceptors (Lipinski definition) is 3. The lowest BCUT2D eigenvalue weighted by molar-refractivity contribution is -0.153. The number of carbonyl (C=O) groups excluding carboxylic acids is 2. The lowest BCUT2D eigenvalue weighted by atomic mass is 9.76. The third-order valence-corrected chi connectivity index (χ3v) is 2.87. The predicted molar refractivity (Wildman–Crippen MR) is 45.6 cm³/mol.